The second kappa shape index (κ2) is 6.34. The molecule has 3 aromatic heterocycles. The number of furan rings is 1. The van der Waals surface area contributed by atoms with Crippen molar-refractivity contribution in [3.8, 4) is 11.3 Å². The van der Waals surface area contributed by atoms with Gasteiger partial charge < -0.3 is 4.42 Å². The average Bonchev–Trinajstić information content (AvgIpc) is 3.21. The Bertz CT molecular complexity index is 1190. The van der Waals surface area contributed by atoms with Crippen molar-refractivity contribution in [3.63, 3.8) is 0 Å². The number of fused-ring (bicyclic) bond motifs is 1. The second-order valence-corrected chi connectivity index (χ2v) is 7.01. The maximum Gasteiger partial charge on any atom is 0.282 e. The van der Waals surface area contributed by atoms with Gasteiger partial charge in [0, 0.05) is 10.4 Å². The number of hydrogen-bond acceptors (Lipinski definition) is 5. The van der Waals surface area contributed by atoms with Crippen LogP contribution in [0.2, 0.25) is 0 Å². The van der Waals surface area contributed by atoms with E-state index < -0.39 is 0 Å². The van der Waals surface area contributed by atoms with Crippen LogP contribution in [0.25, 0.3) is 21.5 Å². The maximum atomic E-state index is 13.0. The lowest BCUT2D eigenvalue weighted by Crippen LogP contribution is -2.16. The number of benzene rings is 1. The molecule has 5 nitrogen and oxygen atoms in total. The largest absolute Gasteiger partial charge is 0.455 e. The fourth-order valence-electron chi connectivity index (χ4n) is 2.62. The molecule has 4 rings (SSSR count). The molecular weight excluding hydrogens is 353 g/mol. The van der Waals surface area contributed by atoms with Gasteiger partial charge in [0.1, 0.15) is 28.5 Å². The summed E-state index contributed by atoms with van der Waals surface area (Å²) in [4.78, 5) is 18.7. The zero-order valence-electron chi connectivity index (χ0n) is 14.1. The number of halogens is 1. The Kier molecular flexibility index (Phi) is 4.00. The summed E-state index contributed by atoms with van der Waals surface area (Å²) >= 11 is 1.50. The van der Waals surface area contributed by atoms with Crippen LogP contribution in [0.1, 0.15) is 16.2 Å². The van der Waals surface area contributed by atoms with E-state index in [0.29, 0.717) is 21.7 Å². The van der Waals surface area contributed by atoms with Crippen LogP contribution >= 0.6 is 11.3 Å². The van der Waals surface area contributed by atoms with Gasteiger partial charge in [-0.05, 0) is 55.8 Å². The predicted octanol–water partition coefficient (Wildman–Crippen LogP) is 4.36. The van der Waals surface area contributed by atoms with Crippen LogP contribution in [-0.4, -0.2) is 15.9 Å². The average molecular weight is 367 g/mol. The van der Waals surface area contributed by atoms with Crippen molar-refractivity contribution in [3.05, 3.63) is 75.1 Å². The van der Waals surface area contributed by atoms with Crippen molar-refractivity contribution < 1.29 is 8.81 Å². The molecule has 0 spiro atoms. The summed E-state index contributed by atoms with van der Waals surface area (Å²) in [5, 5.41) is 4.76. The Morgan fingerprint density at radius 2 is 1.96 bits per heavy atom. The van der Waals surface area contributed by atoms with E-state index in [1.54, 1.807) is 24.3 Å². The number of thiophene rings is 1. The molecule has 0 saturated carbocycles. The van der Waals surface area contributed by atoms with E-state index in [1.165, 1.54) is 40.7 Å². The van der Waals surface area contributed by atoms with Crippen LogP contribution in [0.15, 0.2) is 57.0 Å². The Balaban J connectivity index is 1.66. The maximum absolute atomic E-state index is 13.0. The SMILES string of the molecule is Cc1sc2ncn(N=Cc3ccc(-c4ccc(F)cc4)o3)c(=O)c2c1C. The van der Waals surface area contributed by atoms with Gasteiger partial charge in [-0.2, -0.15) is 9.78 Å². The van der Waals surface area contributed by atoms with Gasteiger partial charge >= 0.3 is 0 Å². The minimum Gasteiger partial charge on any atom is -0.455 e. The topological polar surface area (TPSA) is 60.4 Å². The van der Waals surface area contributed by atoms with Gasteiger partial charge in [0.15, 0.2) is 0 Å². The highest BCUT2D eigenvalue weighted by atomic mass is 32.1. The van der Waals surface area contributed by atoms with Crippen LogP contribution in [0.4, 0.5) is 4.39 Å². The number of nitrogens with zero attached hydrogens (tertiary/aromatic N) is 3. The highest BCUT2D eigenvalue weighted by molar-refractivity contribution is 7.18. The molecule has 0 atom stereocenters. The van der Waals surface area contributed by atoms with Crippen LogP contribution in [0.5, 0.6) is 0 Å². The summed E-state index contributed by atoms with van der Waals surface area (Å²) in [5.41, 5.74) is 1.48. The van der Waals surface area contributed by atoms with E-state index in [1.807, 2.05) is 13.8 Å². The number of rotatable bonds is 3. The lowest BCUT2D eigenvalue weighted by molar-refractivity contribution is 0.573. The Labute approximate surface area is 152 Å². The summed E-state index contributed by atoms with van der Waals surface area (Å²) in [6.07, 6.45) is 2.86. The van der Waals surface area contributed by atoms with Crippen molar-refractivity contribution >= 4 is 27.8 Å². The molecular formula is C19H14FN3O2S. The van der Waals surface area contributed by atoms with E-state index in [4.69, 9.17) is 4.42 Å². The minimum atomic E-state index is -0.302. The molecule has 4 aromatic rings. The Morgan fingerprint density at radius 1 is 1.19 bits per heavy atom. The summed E-state index contributed by atoms with van der Waals surface area (Å²) in [6.45, 7) is 3.88. The quantitative estimate of drug-likeness (QED) is 0.506. The first-order valence-corrected chi connectivity index (χ1v) is 8.72. The lowest BCUT2D eigenvalue weighted by atomic mass is 10.2. The van der Waals surface area contributed by atoms with Gasteiger partial charge in [-0.15, -0.1) is 11.3 Å². The molecule has 0 unspecified atom stereocenters. The second-order valence-electron chi connectivity index (χ2n) is 5.81. The van der Waals surface area contributed by atoms with E-state index >= 15 is 0 Å². The van der Waals surface area contributed by atoms with Gasteiger partial charge in [-0.1, -0.05) is 0 Å². The van der Waals surface area contributed by atoms with Crippen molar-refractivity contribution in [2.24, 2.45) is 5.10 Å². The summed E-state index contributed by atoms with van der Waals surface area (Å²) < 4.78 is 19.9. The summed E-state index contributed by atoms with van der Waals surface area (Å²) in [5.74, 6) is 0.773. The molecule has 0 saturated heterocycles. The highest BCUT2D eigenvalue weighted by Crippen LogP contribution is 2.25. The van der Waals surface area contributed by atoms with Gasteiger partial charge in [-0.25, -0.2) is 9.37 Å². The monoisotopic (exact) mass is 367 g/mol. The van der Waals surface area contributed by atoms with Crippen molar-refractivity contribution in [2.45, 2.75) is 13.8 Å². The lowest BCUT2D eigenvalue weighted by Gasteiger charge is -1.98. The Morgan fingerprint density at radius 3 is 2.73 bits per heavy atom. The molecule has 0 fully saturated rings. The number of hydrogen-bond donors (Lipinski definition) is 0. The smallest absolute Gasteiger partial charge is 0.282 e. The standard InChI is InChI=1S/C19H14FN3O2S/c1-11-12(2)26-18-17(11)19(24)23(10-21-18)22-9-15-7-8-16(25-15)13-3-5-14(20)6-4-13/h3-10H,1-2H3. The van der Waals surface area contributed by atoms with E-state index in [0.717, 1.165) is 16.0 Å². The fraction of sp³-hybridized carbons (Fsp3) is 0.105. The molecule has 130 valence electrons. The normalized spacial score (nSPS) is 11.7. The first-order chi connectivity index (χ1) is 12.5. The van der Waals surface area contributed by atoms with Gasteiger partial charge in [0.05, 0.1) is 11.6 Å². The third-order valence-corrected chi connectivity index (χ3v) is 5.25. The molecule has 1 aromatic carbocycles. The van der Waals surface area contributed by atoms with Crippen molar-refractivity contribution in [2.75, 3.05) is 0 Å². The number of aryl methyl sites for hydroxylation is 2. The van der Waals surface area contributed by atoms with Crippen LogP contribution in [0.3, 0.4) is 0 Å². The first-order valence-electron chi connectivity index (χ1n) is 7.90. The molecule has 0 radical (unpaired) electrons. The Hall–Kier alpha value is -3.06. The third kappa shape index (κ3) is 2.86. The first kappa shape index (κ1) is 16.4. The molecule has 26 heavy (non-hydrogen) atoms. The molecule has 0 amide bonds. The minimum absolute atomic E-state index is 0.210. The van der Waals surface area contributed by atoms with Crippen molar-refractivity contribution in [1.82, 2.24) is 9.66 Å². The van der Waals surface area contributed by atoms with Gasteiger partial charge in [0.2, 0.25) is 0 Å². The van der Waals surface area contributed by atoms with E-state index in [9.17, 15) is 9.18 Å². The van der Waals surface area contributed by atoms with Crippen LogP contribution in [0, 0.1) is 19.7 Å². The molecule has 0 N–H and O–H groups in total. The molecule has 0 aliphatic heterocycles. The summed E-state index contributed by atoms with van der Waals surface area (Å²) in [7, 11) is 0. The predicted molar refractivity (Wildman–Crippen MR) is 100 cm³/mol. The van der Waals surface area contributed by atoms with E-state index in [2.05, 4.69) is 10.1 Å². The van der Waals surface area contributed by atoms with Crippen molar-refractivity contribution in [1.29, 1.82) is 0 Å². The molecule has 0 aliphatic rings. The number of aromatic nitrogens is 2. The third-order valence-electron chi connectivity index (χ3n) is 4.14. The van der Waals surface area contributed by atoms with Gasteiger partial charge in [-0.3, -0.25) is 4.79 Å². The molecule has 3 heterocycles. The van der Waals surface area contributed by atoms with E-state index in [-0.39, 0.29) is 11.4 Å². The molecule has 7 heteroatoms. The van der Waals surface area contributed by atoms with Crippen LogP contribution < -0.4 is 5.56 Å². The molecule has 0 aliphatic carbocycles. The van der Waals surface area contributed by atoms with Crippen LogP contribution in [-0.2, 0) is 0 Å². The zero-order chi connectivity index (χ0) is 18.3. The zero-order valence-corrected chi connectivity index (χ0v) is 14.9. The highest BCUT2D eigenvalue weighted by Gasteiger charge is 2.11. The molecule has 0 bridgehead atoms. The summed E-state index contributed by atoms with van der Waals surface area (Å²) in [6, 6.07) is 9.52. The van der Waals surface area contributed by atoms with Gasteiger partial charge in [0.25, 0.3) is 5.56 Å². The fourth-order valence-corrected chi connectivity index (χ4v) is 3.61.